The first-order valence-electron chi connectivity index (χ1n) is 17.6. The molecule has 6 N–H and O–H groups in total. The van der Waals surface area contributed by atoms with Crippen molar-refractivity contribution in [1.29, 1.82) is 0 Å². The minimum Gasteiger partial charge on any atom is -0.453 e. The molecule has 1 heterocycles. The lowest BCUT2D eigenvalue weighted by Crippen LogP contribution is -2.57. The van der Waals surface area contributed by atoms with Gasteiger partial charge >= 0.3 is 12.2 Å². The van der Waals surface area contributed by atoms with Crippen molar-refractivity contribution in [3.63, 3.8) is 0 Å². The number of rotatable bonds is 16. The third-order valence-electron chi connectivity index (χ3n) is 9.07. The smallest absolute Gasteiger partial charge is 0.407 e. The van der Waals surface area contributed by atoms with Crippen molar-refractivity contribution in [2.24, 2.45) is 10.8 Å². The number of amides is 3. The highest BCUT2D eigenvalue weighted by Crippen LogP contribution is 2.24. The van der Waals surface area contributed by atoms with Crippen LogP contribution < -0.4 is 21.3 Å². The lowest BCUT2D eigenvalue weighted by Gasteiger charge is -2.35. The quantitative estimate of drug-likeness (QED) is 0.122. The van der Waals surface area contributed by atoms with Gasteiger partial charge in [0, 0.05) is 36.4 Å². The third-order valence-corrected chi connectivity index (χ3v) is 9.07. The number of hydrogen-bond acceptors (Lipinski definition) is 9. The standard InChI is InChI=1S/C40H57N5O7/c1-39(2,3)34(44-37(49)51-7)24-42-32(21-27-14-16-28(17-15-27)29-18-19-30(25-46)41-23-29)33(47)22-31(20-26-12-10-9-11-13-26)43-36(48)35(40(4,5)6)45-38(50)52-8/h9-19,23,31-35,42,46-47H,20-22,24-25H2,1-8H3,(H,43,48)(H,44,49)(H,45,50)/t31-,32-,33-,34+,35+/m0/s1. The molecule has 0 radical (unpaired) electrons. The summed E-state index contributed by atoms with van der Waals surface area (Å²) in [5, 5.41) is 33.6. The van der Waals surface area contributed by atoms with E-state index in [0.29, 0.717) is 25.1 Å². The molecule has 12 nitrogen and oxygen atoms in total. The summed E-state index contributed by atoms with van der Waals surface area (Å²) in [7, 11) is 2.57. The maximum Gasteiger partial charge on any atom is 0.407 e. The van der Waals surface area contributed by atoms with Gasteiger partial charge in [0.15, 0.2) is 0 Å². The Labute approximate surface area is 308 Å². The van der Waals surface area contributed by atoms with Crippen LogP contribution in [0.25, 0.3) is 11.1 Å². The molecule has 3 rings (SSSR count). The van der Waals surface area contributed by atoms with Gasteiger partial charge < -0.3 is 41.0 Å². The van der Waals surface area contributed by atoms with E-state index in [1.165, 1.54) is 14.2 Å². The summed E-state index contributed by atoms with van der Waals surface area (Å²) in [6, 6.07) is 19.2. The Kier molecular flexibility index (Phi) is 15.6. The Bertz CT molecular complexity index is 1550. The normalized spacial score (nSPS) is 14.7. The highest BCUT2D eigenvalue weighted by atomic mass is 16.5. The molecule has 0 unspecified atom stereocenters. The van der Waals surface area contributed by atoms with Crippen LogP contribution in [0.2, 0.25) is 0 Å². The molecular formula is C40H57N5O7. The predicted octanol–water partition coefficient (Wildman–Crippen LogP) is 4.76. The maximum absolute atomic E-state index is 13.8. The molecule has 0 fully saturated rings. The number of hydrogen-bond donors (Lipinski definition) is 6. The van der Waals surface area contributed by atoms with Crippen LogP contribution in [0.1, 0.15) is 64.8 Å². The fourth-order valence-corrected chi connectivity index (χ4v) is 5.85. The Hall–Kier alpha value is -4.52. The summed E-state index contributed by atoms with van der Waals surface area (Å²) in [5.41, 5.74) is 3.44. The van der Waals surface area contributed by atoms with Crippen LogP contribution in [-0.2, 0) is 33.7 Å². The van der Waals surface area contributed by atoms with Crippen LogP contribution in [0, 0.1) is 10.8 Å². The van der Waals surface area contributed by atoms with E-state index in [-0.39, 0.29) is 30.4 Å². The number of alkyl carbamates (subject to hydrolysis) is 2. The second kappa shape index (κ2) is 19.4. The molecule has 0 aliphatic carbocycles. The molecule has 284 valence electrons. The van der Waals surface area contributed by atoms with Crippen LogP contribution in [-0.4, -0.2) is 84.3 Å². The average molecular weight is 720 g/mol. The van der Waals surface area contributed by atoms with E-state index < -0.39 is 41.8 Å². The van der Waals surface area contributed by atoms with Gasteiger partial charge in [-0.2, -0.15) is 0 Å². The van der Waals surface area contributed by atoms with Crippen molar-refractivity contribution in [3.05, 3.63) is 89.7 Å². The third kappa shape index (κ3) is 13.2. The molecule has 5 atom stereocenters. The summed E-state index contributed by atoms with van der Waals surface area (Å²) < 4.78 is 9.69. The number of carbonyl (C=O) groups is 3. The largest absolute Gasteiger partial charge is 0.453 e. The van der Waals surface area contributed by atoms with E-state index >= 15 is 0 Å². The van der Waals surface area contributed by atoms with Crippen LogP contribution >= 0.6 is 0 Å². The number of pyridine rings is 1. The van der Waals surface area contributed by atoms with Crippen molar-refractivity contribution in [2.45, 2.75) is 97.7 Å². The van der Waals surface area contributed by atoms with Gasteiger partial charge in [0.05, 0.1) is 32.6 Å². The van der Waals surface area contributed by atoms with Crippen molar-refractivity contribution >= 4 is 18.1 Å². The van der Waals surface area contributed by atoms with Gasteiger partial charge in [-0.1, -0.05) is 102 Å². The molecule has 0 saturated carbocycles. The first kappa shape index (κ1) is 41.9. The topological polar surface area (TPSA) is 171 Å². The lowest BCUT2D eigenvalue weighted by atomic mass is 9.85. The van der Waals surface area contributed by atoms with E-state index in [4.69, 9.17) is 9.47 Å². The molecule has 0 saturated heterocycles. The van der Waals surface area contributed by atoms with Crippen LogP contribution in [0.3, 0.4) is 0 Å². The van der Waals surface area contributed by atoms with Gasteiger partial charge in [-0.15, -0.1) is 0 Å². The highest BCUT2D eigenvalue weighted by Gasteiger charge is 2.35. The first-order valence-corrected chi connectivity index (χ1v) is 17.6. The van der Waals surface area contributed by atoms with Crippen molar-refractivity contribution in [2.75, 3.05) is 20.8 Å². The number of aliphatic hydroxyl groups is 2. The number of nitrogens with zero attached hydrogens (tertiary/aromatic N) is 1. The zero-order valence-corrected chi connectivity index (χ0v) is 31.7. The van der Waals surface area contributed by atoms with Gasteiger partial charge in [-0.25, -0.2) is 9.59 Å². The SMILES string of the molecule is COC(=O)N[C@H](C(=O)N[C@@H](Cc1ccccc1)C[C@H](O)[C@H](Cc1ccc(-c2ccc(CO)nc2)cc1)NC[C@@H](NC(=O)OC)C(C)(C)C)C(C)(C)C. The highest BCUT2D eigenvalue weighted by molar-refractivity contribution is 5.86. The first-order chi connectivity index (χ1) is 24.5. The average Bonchev–Trinajstić information content (AvgIpc) is 3.11. The molecule has 52 heavy (non-hydrogen) atoms. The molecule has 0 aliphatic heterocycles. The fraction of sp³-hybridized carbons (Fsp3) is 0.500. The van der Waals surface area contributed by atoms with Crippen molar-refractivity contribution in [3.8, 4) is 11.1 Å². The number of methoxy groups -OCH3 is 2. The fourth-order valence-electron chi connectivity index (χ4n) is 5.85. The molecule has 0 bridgehead atoms. The number of benzene rings is 2. The zero-order chi connectivity index (χ0) is 38.5. The Morgan fingerprint density at radius 1 is 0.750 bits per heavy atom. The zero-order valence-electron chi connectivity index (χ0n) is 31.7. The van der Waals surface area contributed by atoms with E-state index in [9.17, 15) is 24.6 Å². The van der Waals surface area contributed by atoms with Crippen molar-refractivity contribution in [1.82, 2.24) is 26.3 Å². The molecule has 0 spiro atoms. The summed E-state index contributed by atoms with van der Waals surface area (Å²) in [5.74, 6) is -0.386. The van der Waals surface area contributed by atoms with Gasteiger partial charge in [0.1, 0.15) is 6.04 Å². The number of aromatic nitrogens is 1. The number of nitrogens with one attached hydrogen (secondary N) is 4. The molecule has 3 aromatic rings. The molecular weight excluding hydrogens is 662 g/mol. The Morgan fingerprint density at radius 3 is 1.88 bits per heavy atom. The van der Waals surface area contributed by atoms with Crippen molar-refractivity contribution < 1.29 is 34.1 Å². The monoisotopic (exact) mass is 719 g/mol. The molecule has 1 aromatic heterocycles. The predicted molar refractivity (Wildman–Crippen MR) is 201 cm³/mol. The second-order valence-electron chi connectivity index (χ2n) is 15.3. The van der Waals surface area contributed by atoms with E-state index in [2.05, 4.69) is 26.3 Å². The number of carbonyl (C=O) groups excluding carboxylic acids is 3. The second-order valence-corrected chi connectivity index (χ2v) is 15.3. The van der Waals surface area contributed by atoms with Gasteiger partial charge in [0.2, 0.25) is 5.91 Å². The summed E-state index contributed by atoms with van der Waals surface area (Å²) in [4.78, 5) is 42.5. The Balaban J connectivity index is 1.92. The van der Waals surface area contributed by atoms with E-state index in [0.717, 1.165) is 22.3 Å². The van der Waals surface area contributed by atoms with Crippen LogP contribution in [0.5, 0.6) is 0 Å². The lowest BCUT2D eigenvalue weighted by molar-refractivity contribution is -0.126. The summed E-state index contributed by atoms with van der Waals surface area (Å²) >= 11 is 0. The number of aliphatic hydroxyl groups excluding tert-OH is 2. The van der Waals surface area contributed by atoms with Gasteiger partial charge in [0.25, 0.3) is 0 Å². The van der Waals surface area contributed by atoms with Crippen LogP contribution in [0.15, 0.2) is 72.9 Å². The van der Waals surface area contributed by atoms with Gasteiger partial charge in [-0.3, -0.25) is 9.78 Å². The van der Waals surface area contributed by atoms with Crippen LogP contribution in [0.4, 0.5) is 9.59 Å². The summed E-state index contributed by atoms with van der Waals surface area (Å²) in [6.07, 6.45) is 0.606. The minimum atomic E-state index is -0.940. The Morgan fingerprint density at radius 2 is 1.35 bits per heavy atom. The van der Waals surface area contributed by atoms with E-state index in [1.807, 2.05) is 102 Å². The molecule has 12 heteroatoms. The molecule has 3 amide bonds. The molecule has 0 aliphatic rings. The minimum absolute atomic E-state index is 0.126. The summed E-state index contributed by atoms with van der Waals surface area (Å²) in [6.45, 7) is 11.8. The molecule has 2 aromatic carbocycles. The van der Waals surface area contributed by atoms with Gasteiger partial charge in [-0.05, 0) is 52.8 Å². The van der Waals surface area contributed by atoms with E-state index in [1.54, 1.807) is 12.3 Å². The maximum atomic E-state index is 13.8. The number of ether oxygens (including phenoxy) is 2.